The van der Waals surface area contributed by atoms with Crippen molar-refractivity contribution in [3.05, 3.63) is 108 Å². The molecule has 2 rings (SSSR count). The Bertz CT molecular complexity index is 2110. The summed E-state index contributed by atoms with van der Waals surface area (Å²) >= 11 is 0. The number of carbonyl (C=O) groups excluding carboxylic acids is 2. The Morgan fingerprint density at radius 2 is 1.28 bits per heavy atom. The number of esters is 2. The molecule has 75 heavy (non-hydrogen) atoms. The van der Waals surface area contributed by atoms with Gasteiger partial charge in [0, 0.05) is 19.0 Å². The maximum Gasteiger partial charge on any atom is 0.481 e. The summed E-state index contributed by atoms with van der Waals surface area (Å²) in [5.74, 6) is -1.60. The number of aromatic nitrogens is 2. The molecular weight excluding hydrogens is 1010 g/mol. The fourth-order valence-corrected chi connectivity index (χ4v) is 9.53. The normalized spacial score (nSPS) is 19.9. The number of phosphoric acid groups is 2. The van der Waals surface area contributed by atoms with Crippen LogP contribution in [0.3, 0.4) is 0 Å². The number of nitrogens with two attached hydrogens (primary N) is 1. The maximum atomic E-state index is 12.9. The Morgan fingerprint density at radius 3 is 1.88 bits per heavy atom. The van der Waals surface area contributed by atoms with Gasteiger partial charge in [0.2, 0.25) is 0 Å². The van der Waals surface area contributed by atoms with Crippen LogP contribution in [0, 0.1) is 0 Å². The quantitative estimate of drug-likeness (QED) is 0.0116. The number of nitrogen functional groups attached to an aromatic ring is 1. The number of phosphoric ester groups is 2. The van der Waals surface area contributed by atoms with E-state index in [4.69, 9.17) is 29.0 Å². The highest BCUT2D eigenvalue weighted by atomic mass is 31.3. The zero-order chi connectivity index (χ0) is 55.0. The molecule has 8 atom stereocenters. The van der Waals surface area contributed by atoms with Gasteiger partial charge in [0.15, 0.2) is 12.3 Å². The highest BCUT2D eigenvalue weighted by Crippen LogP contribution is 2.60. The number of rotatable bonds is 43. The summed E-state index contributed by atoms with van der Waals surface area (Å²) in [5.41, 5.74) is 4.57. The molecule has 3 unspecified atom stereocenters. The lowest BCUT2D eigenvalue weighted by Crippen LogP contribution is -2.36. The molecule has 0 bridgehead atoms. The lowest BCUT2D eigenvalue weighted by atomic mass is 10.1. The smallest absolute Gasteiger partial charge is 0.462 e. The molecule has 424 valence electrons. The van der Waals surface area contributed by atoms with Crippen LogP contribution in [-0.4, -0.2) is 96.9 Å². The van der Waals surface area contributed by atoms with Crippen LogP contribution in [0.5, 0.6) is 0 Å². The van der Waals surface area contributed by atoms with E-state index in [9.17, 15) is 48.6 Å². The molecule has 0 aromatic carbocycles. The van der Waals surface area contributed by atoms with Gasteiger partial charge in [0.25, 0.3) is 0 Å². The van der Waals surface area contributed by atoms with Crippen LogP contribution in [0.1, 0.15) is 168 Å². The van der Waals surface area contributed by atoms with Gasteiger partial charge < -0.3 is 45.1 Å². The van der Waals surface area contributed by atoms with Gasteiger partial charge in [-0.15, -0.1) is 0 Å². The molecule has 1 fully saturated rings. The van der Waals surface area contributed by atoms with Crippen molar-refractivity contribution in [2.75, 3.05) is 25.6 Å². The second kappa shape index (κ2) is 41.1. The molecule has 1 aliphatic rings. The minimum atomic E-state index is -5.49. The van der Waals surface area contributed by atoms with Crippen molar-refractivity contribution in [1.82, 2.24) is 9.55 Å². The van der Waals surface area contributed by atoms with Crippen molar-refractivity contribution in [2.45, 2.75) is 198 Å². The maximum absolute atomic E-state index is 12.9. The lowest BCUT2D eigenvalue weighted by Gasteiger charge is -2.21. The monoisotopic (exact) mass is 1100 g/mol. The lowest BCUT2D eigenvalue weighted by molar-refractivity contribution is -0.161. The van der Waals surface area contributed by atoms with Gasteiger partial charge in [0.1, 0.15) is 30.7 Å². The van der Waals surface area contributed by atoms with Crippen molar-refractivity contribution in [3.8, 4) is 0 Å². The molecule has 1 aliphatic heterocycles. The third-order valence-corrected chi connectivity index (χ3v) is 14.2. The highest BCUT2D eigenvalue weighted by Gasteiger charge is 2.46. The van der Waals surface area contributed by atoms with Gasteiger partial charge in [-0.1, -0.05) is 163 Å². The number of anilines is 1. The van der Waals surface area contributed by atoms with E-state index in [0.29, 0.717) is 12.8 Å². The van der Waals surface area contributed by atoms with Crippen molar-refractivity contribution in [1.29, 1.82) is 0 Å². The summed E-state index contributed by atoms with van der Waals surface area (Å²) in [6, 6.07) is 1.23. The first-order valence-corrected chi connectivity index (χ1v) is 29.7. The van der Waals surface area contributed by atoms with Gasteiger partial charge in [-0.2, -0.15) is 9.29 Å². The zero-order valence-electron chi connectivity index (χ0n) is 44.2. The van der Waals surface area contributed by atoms with Crippen LogP contribution in [0.15, 0.2) is 102 Å². The molecule has 0 saturated carbocycles. The number of carbonyl (C=O) groups is 2. The number of nitrogens with zero attached hydrogens (tertiary/aromatic N) is 2. The van der Waals surface area contributed by atoms with E-state index in [2.05, 4.69) is 77.8 Å². The van der Waals surface area contributed by atoms with Crippen molar-refractivity contribution >= 4 is 33.4 Å². The predicted octanol–water partition coefficient (Wildman–Crippen LogP) is 10.4. The summed E-state index contributed by atoms with van der Waals surface area (Å²) in [7, 11) is -11.0. The molecule has 0 aliphatic carbocycles. The highest BCUT2D eigenvalue weighted by molar-refractivity contribution is 7.61. The molecule has 0 spiro atoms. The number of ether oxygens (including phenoxy) is 3. The predicted molar refractivity (Wildman–Crippen MR) is 290 cm³/mol. The van der Waals surface area contributed by atoms with Crippen molar-refractivity contribution in [2.24, 2.45) is 0 Å². The first kappa shape index (κ1) is 67.0. The zero-order valence-corrected chi connectivity index (χ0v) is 46.0. The fourth-order valence-electron chi connectivity index (χ4n) is 7.42. The van der Waals surface area contributed by atoms with Crippen LogP contribution < -0.4 is 11.4 Å². The van der Waals surface area contributed by atoms with E-state index in [1.54, 1.807) is 12.2 Å². The van der Waals surface area contributed by atoms with E-state index in [-0.39, 0.29) is 25.1 Å². The topological polar surface area (TPSA) is 286 Å². The summed E-state index contributed by atoms with van der Waals surface area (Å²) in [6.45, 7) is 1.81. The average Bonchev–Trinajstić information content (AvgIpc) is 3.65. The molecule has 1 aromatic rings. The molecule has 19 nitrogen and oxygen atoms in total. The Kier molecular flexibility index (Phi) is 36.7. The van der Waals surface area contributed by atoms with Gasteiger partial charge >= 0.3 is 33.3 Å². The first-order valence-electron chi connectivity index (χ1n) is 26.7. The molecule has 21 heteroatoms. The summed E-state index contributed by atoms with van der Waals surface area (Å²) in [5, 5.41) is 31.4. The number of hydrogen-bond acceptors (Lipinski definition) is 16. The first-order chi connectivity index (χ1) is 36.1. The second-order valence-electron chi connectivity index (χ2n) is 18.2. The van der Waals surface area contributed by atoms with E-state index < -0.39 is 89.8 Å². The number of hydrogen-bond donors (Lipinski definition) is 6. The summed E-state index contributed by atoms with van der Waals surface area (Å²) in [4.78, 5) is 62.0. The van der Waals surface area contributed by atoms with Crippen molar-refractivity contribution < 1.29 is 71.4 Å². The van der Waals surface area contributed by atoms with Crippen LogP contribution in [0.4, 0.5) is 5.82 Å². The minimum Gasteiger partial charge on any atom is -0.462 e. The van der Waals surface area contributed by atoms with Gasteiger partial charge in [-0.05, 0) is 76.7 Å². The van der Waals surface area contributed by atoms with Crippen molar-refractivity contribution in [3.63, 3.8) is 0 Å². The fraction of sp³-hybridized carbons (Fsp3) is 0.630. The molecule has 0 radical (unpaired) electrons. The third-order valence-electron chi connectivity index (χ3n) is 11.6. The molecule has 2 heterocycles. The number of aliphatic hydroxyl groups is 3. The van der Waals surface area contributed by atoms with E-state index in [0.717, 1.165) is 87.8 Å². The molecule has 7 N–H and O–H groups in total. The second-order valence-corrected chi connectivity index (χ2v) is 21.2. The van der Waals surface area contributed by atoms with Crippen LogP contribution in [0.25, 0.3) is 0 Å². The Hall–Kier alpha value is -4.10. The SMILES string of the molecule is CC/C=C\C/C=C\C/C=C\C/C=C\C/C=C\C=C/C(O)CCC(=O)O[C@H](COC(=O)CCCCCCCCC/C=C\CCCCCCCC)COP(=O)(O)OP(=O)(O)OC[C@H]1O[C@@H](n2ccc(N)nc2=O)[C@H](O)[C@@H]1O. The Morgan fingerprint density at radius 1 is 0.720 bits per heavy atom. The van der Waals surface area contributed by atoms with Gasteiger partial charge in [-0.3, -0.25) is 23.2 Å². The van der Waals surface area contributed by atoms with Crippen LogP contribution in [-0.2, 0) is 46.3 Å². The van der Waals surface area contributed by atoms with E-state index in [1.165, 1.54) is 50.7 Å². The molecular formula is C54H87N3O16P2. The Labute approximate surface area is 444 Å². The van der Waals surface area contributed by atoms with Gasteiger partial charge in [-0.25, -0.2) is 13.9 Å². The van der Waals surface area contributed by atoms with Crippen LogP contribution >= 0.6 is 15.6 Å². The average molecular weight is 1100 g/mol. The van der Waals surface area contributed by atoms with E-state index >= 15 is 0 Å². The molecule has 0 amide bonds. The minimum absolute atomic E-state index is 0.0544. The molecule has 1 saturated heterocycles. The largest absolute Gasteiger partial charge is 0.481 e. The summed E-state index contributed by atoms with van der Waals surface area (Å²) in [6.07, 6.45) is 41.2. The van der Waals surface area contributed by atoms with E-state index in [1.807, 2.05) is 12.2 Å². The van der Waals surface area contributed by atoms with Crippen LogP contribution in [0.2, 0.25) is 0 Å². The Balaban J connectivity index is 1.85. The molecule has 1 aromatic heterocycles. The summed E-state index contributed by atoms with van der Waals surface area (Å²) < 4.78 is 56.6. The van der Waals surface area contributed by atoms with Gasteiger partial charge in [0.05, 0.1) is 19.3 Å². The number of unbranched alkanes of at least 4 members (excludes halogenated alkanes) is 13. The third kappa shape index (κ3) is 33.6. The standard InChI is InChI=1S/C54H87N3O16P2/c1-3-5-7-9-11-13-15-17-19-21-23-25-27-29-31-33-35-37-49(59)68-42-46(71-50(60)39-38-45(58)36-34-32-30-28-26-24-22-20-18-16-14-12-10-8-6-4-2)43-69-74(64,65)73-75(66,67)70-44-47-51(61)52(62)53(72-47)57-41-40-48(55)56-54(57)63/h6,8,12,14,17-20,24,26,30,32,34,36,40-41,45-47,51-53,58,61-62H,3-5,7,9-11,13,15-16,21-23,25,27-29,31,33,35,37-39,42-44H2,1-2H3,(H,64,65)(H,66,67)(H2,55,56,63)/b8-6-,14-12-,19-17-,20-18-,26-24-,32-30-,36-34-/t45?,46-,47-,51-,52-,53-/m1/s1. The number of allylic oxidation sites excluding steroid dienone is 13. The number of aliphatic hydroxyl groups excluding tert-OH is 3.